The molecule has 0 aromatic rings. The van der Waals surface area contributed by atoms with Crippen LogP contribution in [-0.4, -0.2) is 22.9 Å². The van der Waals surface area contributed by atoms with Gasteiger partial charge in [-0.05, 0) is 111 Å². The number of hydrogen-bond acceptors (Lipinski definition) is 2. The van der Waals surface area contributed by atoms with Crippen LogP contribution in [0.25, 0.3) is 0 Å². The van der Waals surface area contributed by atoms with Gasteiger partial charge >= 0.3 is 0 Å². The number of aliphatic hydroxyl groups excluding tert-OH is 2. The van der Waals surface area contributed by atoms with Crippen molar-refractivity contribution >= 4 is 0 Å². The minimum atomic E-state index is -0.0934. The van der Waals surface area contributed by atoms with Crippen molar-refractivity contribution in [2.24, 2.45) is 46.3 Å². The molecule has 0 aliphatic heterocycles. The van der Waals surface area contributed by atoms with Crippen LogP contribution in [0, 0.1) is 46.3 Å². The second-order valence-corrected chi connectivity index (χ2v) is 12.1. The quantitative estimate of drug-likeness (QED) is 0.507. The molecule has 4 aliphatic carbocycles. The first-order valence-electron chi connectivity index (χ1n) is 12.8. The molecule has 4 rings (SSSR count). The van der Waals surface area contributed by atoms with Crippen LogP contribution in [0.4, 0.5) is 0 Å². The molecular weight excluding hydrogens is 356 g/mol. The fourth-order valence-corrected chi connectivity index (χ4v) is 8.49. The lowest BCUT2D eigenvalue weighted by Gasteiger charge is -2.58. The van der Waals surface area contributed by atoms with Crippen LogP contribution in [0.5, 0.6) is 0 Å². The average Bonchev–Trinajstić information content (AvgIpc) is 3.02. The Balaban J connectivity index is 1.43. The highest BCUT2D eigenvalue weighted by molar-refractivity contribution is 5.25. The summed E-state index contributed by atoms with van der Waals surface area (Å²) in [5.41, 5.74) is 2.51. The van der Waals surface area contributed by atoms with Gasteiger partial charge in [-0.3, -0.25) is 0 Å². The zero-order valence-electron chi connectivity index (χ0n) is 19.5. The minimum Gasteiger partial charge on any atom is -0.396 e. The van der Waals surface area contributed by atoms with E-state index in [-0.39, 0.29) is 6.10 Å². The monoisotopic (exact) mass is 402 g/mol. The summed E-state index contributed by atoms with van der Waals surface area (Å²) in [7, 11) is 0. The van der Waals surface area contributed by atoms with Gasteiger partial charge in [-0.2, -0.15) is 0 Å². The molecule has 0 heterocycles. The number of allylic oxidation sites excluding steroid dienone is 1. The minimum absolute atomic E-state index is 0.0934. The maximum absolute atomic E-state index is 10.2. The van der Waals surface area contributed by atoms with Crippen LogP contribution < -0.4 is 0 Å². The first-order chi connectivity index (χ1) is 13.8. The lowest BCUT2D eigenvalue weighted by atomic mass is 9.47. The van der Waals surface area contributed by atoms with E-state index in [2.05, 4.69) is 33.8 Å². The van der Waals surface area contributed by atoms with Crippen LogP contribution in [0.15, 0.2) is 11.6 Å². The third kappa shape index (κ3) is 3.75. The van der Waals surface area contributed by atoms with E-state index in [1.165, 1.54) is 57.8 Å². The number of fused-ring (bicyclic) bond motifs is 5. The Morgan fingerprint density at radius 3 is 2.59 bits per heavy atom. The zero-order chi connectivity index (χ0) is 20.8. The number of rotatable bonds is 6. The normalized spacial score (nSPS) is 45.3. The van der Waals surface area contributed by atoms with Gasteiger partial charge in [0.05, 0.1) is 6.10 Å². The highest BCUT2D eigenvalue weighted by Crippen LogP contribution is 2.66. The zero-order valence-corrected chi connectivity index (χ0v) is 19.5. The van der Waals surface area contributed by atoms with Gasteiger partial charge in [0, 0.05) is 6.61 Å². The molecule has 166 valence electrons. The van der Waals surface area contributed by atoms with Gasteiger partial charge in [0.2, 0.25) is 0 Å². The van der Waals surface area contributed by atoms with Crippen molar-refractivity contribution in [2.45, 2.75) is 104 Å². The van der Waals surface area contributed by atoms with Gasteiger partial charge in [-0.15, -0.1) is 0 Å². The van der Waals surface area contributed by atoms with Crippen molar-refractivity contribution < 1.29 is 10.2 Å². The smallest absolute Gasteiger partial charge is 0.0577 e. The van der Waals surface area contributed by atoms with E-state index in [0.29, 0.717) is 29.3 Å². The molecule has 0 amide bonds. The van der Waals surface area contributed by atoms with Crippen molar-refractivity contribution in [3.8, 4) is 0 Å². The Labute approximate surface area is 179 Å². The second-order valence-electron chi connectivity index (χ2n) is 12.1. The molecule has 0 radical (unpaired) electrons. The van der Waals surface area contributed by atoms with Crippen molar-refractivity contribution in [3.05, 3.63) is 11.6 Å². The lowest BCUT2D eigenvalue weighted by molar-refractivity contribution is -0.0510. The summed E-state index contributed by atoms with van der Waals surface area (Å²) in [6.45, 7) is 10.0. The van der Waals surface area contributed by atoms with Gasteiger partial charge in [0.25, 0.3) is 0 Å². The van der Waals surface area contributed by atoms with Crippen LogP contribution in [0.3, 0.4) is 0 Å². The van der Waals surface area contributed by atoms with Crippen molar-refractivity contribution in [3.63, 3.8) is 0 Å². The van der Waals surface area contributed by atoms with Crippen LogP contribution in [0.2, 0.25) is 0 Å². The summed E-state index contributed by atoms with van der Waals surface area (Å²) in [5.74, 6) is 4.62. The number of hydrogen-bond donors (Lipinski definition) is 2. The third-order valence-electron chi connectivity index (χ3n) is 10.6. The first kappa shape index (κ1) is 21.9. The van der Waals surface area contributed by atoms with Crippen LogP contribution in [-0.2, 0) is 0 Å². The molecule has 8 atom stereocenters. The number of aliphatic hydroxyl groups is 2. The van der Waals surface area contributed by atoms with Gasteiger partial charge < -0.3 is 10.2 Å². The average molecular weight is 403 g/mol. The van der Waals surface area contributed by atoms with Crippen molar-refractivity contribution in [2.75, 3.05) is 6.61 Å². The van der Waals surface area contributed by atoms with Crippen molar-refractivity contribution in [1.29, 1.82) is 0 Å². The molecule has 2 N–H and O–H groups in total. The Morgan fingerprint density at radius 2 is 1.86 bits per heavy atom. The molecule has 0 spiro atoms. The Hall–Kier alpha value is -0.340. The highest BCUT2D eigenvalue weighted by Gasteiger charge is 2.58. The summed E-state index contributed by atoms with van der Waals surface area (Å²) in [6, 6.07) is 0. The maximum Gasteiger partial charge on any atom is 0.0577 e. The topological polar surface area (TPSA) is 40.5 Å². The van der Waals surface area contributed by atoms with E-state index >= 15 is 0 Å². The standard InChI is InChI=1S/C27H46O2/c1-18(2)19(17-28)6-5-7-20-9-11-24-23-10-8-21-16-22(29)12-14-27(21,4)25(23)13-15-26(20,24)3/h8,18-20,22-25,28-29H,5-7,9-17H2,1-4H3/t19-,20-,22-,23-,24-,25-,26+,27-/m0/s1. The summed E-state index contributed by atoms with van der Waals surface area (Å²) in [5, 5.41) is 19.9. The molecule has 0 aromatic heterocycles. The molecule has 3 fully saturated rings. The van der Waals surface area contributed by atoms with Crippen LogP contribution >= 0.6 is 0 Å². The summed E-state index contributed by atoms with van der Waals surface area (Å²) in [6.07, 6.45) is 16.5. The molecule has 0 aromatic carbocycles. The molecule has 0 bridgehead atoms. The van der Waals surface area contributed by atoms with E-state index < -0.39 is 0 Å². The summed E-state index contributed by atoms with van der Waals surface area (Å²) >= 11 is 0. The fraction of sp³-hybridized carbons (Fsp3) is 0.926. The molecule has 2 nitrogen and oxygen atoms in total. The molecule has 29 heavy (non-hydrogen) atoms. The first-order valence-corrected chi connectivity index (χ1v) is 12.8. The highest BCUT2D eigenvalue weighted by atomic mass is 16.3. The molecular formula is C27H46O2. The third-order valence-corrected chi connectivity index (χ3v) is 10.6. The van der Waals surface area contributed by atoms with E-state index in [0.717, 1.165) is 36.5 Å². The predicted molar refractivity (Wildman–Crippen MR) is 120 cm³/mol. The van der Waals surface area contributed by atoms with E-state index in [1.807, 2.05) is 0 Å². The molecule has 2 heteroatoms. The van der Waals surface area contributed by atoms with E-state index in [4.69, 9.17) is 0 Å². The van der Waals surface area contributed by atoms with Crippen molar-refractivity contribution in [1.82, 2.24) is 0 Å². The summed E-state index contributed by atoms with van der Waals surface area (Å²) in [4.78, 5) is 0. The van der Waals surface area contributed by atoms with Gasteiger partial charge in [0.15, 0.2) is 0 Å². The molecule has 4 aliphatic rings. The van der Waals surface area contributed by atoms with Gasteiger partial charge in [-0.25, -0.2) is 0 Å². The maximum atomic E-state index is 10.2. The largest absolute Gasteiger partial charge is 0.396 e. The predicted octanol–water partition coefficient (Wildman–Crippen LogP) is 6.36. The van der Waals surface area contributed by atoms with Gasteiger partial charge in [0.1, 0.15) is 0 Å². The lowest BCUT2D eigenvalue weighted by Crippen LogP contribution is -2.50. The van der Waals surface area contributed by atoms with E-state index in [1.54, 1.807) is 5.57 Å². The van der Waals surface area contributed by atoms with Crippen LogP contribution in [0.1, 0.15) is 98.3 Å². The fourth-order valence-electron chi connectivity index (χ4n) is 8.49. The van der Waals surface area contributed by atoms with E-state index in [9.17, 15) is 10.2 Å². The van der Waals surface area contributed by atoms with Gasteiger partial charge in [-0.1, -0.05) is 45.8 Å². The molecule has 3 saturated carbocycles. The SMILES string of the molecule is CC(C)[C@H](CO)CCC[C@H]1CC[C@H]2[C@@H]3CC=C4C[C@@H](O)CC[C@]4(C)[C@H]3CC[C@]12C. The Morgan fingerprint density at radius 1 is 1.07 bits per heavy atom. The second kappa shape index (κ2) is 8.30. The molecule has 0 unspecified atom stereocenters. The summed E-state index contributed by atoms with van der Waals surface area (Å²) < 4.78 is 0. The Kier molecular flexibility index (Phi) is 6.26. The Bertz CT molecular complexity index is 610. The molecule has 0 saturated heterocycles.